The second kappa shape index (κ2) is 6.56. The summed E-state index contributed by atoms with van der Waals surface area (Å²) in [5, 5.41) is 6.39. The van der Waals surface area contributed by atoms with E-state index in [2.05, 4.69) is 10.2 Å². The van der Waals surface area contributed by atoms with Gasteiger partial charge in [-0.15, -0.1) is 5.10 Å². The van der Waals surface area contributed by atoms with Gasteiger partial charge in [0.15, 0.2) is 0 Å². The summed E-state index contributed by atoms with van der Waals surface area (Å²) in [6.07, 6.45) is 3.43. The Morgan fingerprint density at radius 3 is 2.60 bits per heavy atom. The van der Waals surface area contributed by atoms with Crippen LogP contribution < -0.4 is 16.6 Å². The Balaban J connectivity index is 2.17. The number of halogens is 1. The van der Waals surface area contributed by atoms with Crippen LogP contribution in [-0.4, -0.2) is 22.4 Å². The van der Waals surface area contributed by atoms with Gasteiger partial charge in [0.25, 0.3) is 5.96 Å². The molecule has 126 valence electrons. The number of pyridine rings is 1. The average Bonchev–Trinajstić information content (AvgIpc) is 2.87. The number of rotatable bonds is 4. The number of nitrogens with two attached hydrogens (primary N) is 2. The highest BCUT2D eigenvalue weighted by Crippen LogP contribution is 2.23. The van der Waals surface area contributed by atoms with Crippen molar-refractivity contribution >= 4 is 23.5 Å². The van der Waals surface area contributed by atoms with E-state index in [0.717, 1.165) is 16.6 Å². The van der Waals surface area contributed by atoms with E-state index in [-0.39, 0.29) is 17.6 Å². The normalized spacial score (nSPS) is 11.1. The zero-order valence-electron chi connectivity index (χ0n) is 13.5. The zero-order valence-corrected chi connectivity index (χ0v) is 13.5. The molecule has 0 spiro atoms. The Morgan fingerprint density at radius 1 is 1.20 bits per heavy atom. The van der Waals surface area contributed by atoms with E-state index in [0.29, 0.717) is 11.3 Å². The lowest BCUT2D eigenvalue weighted by Gasteiger charge is -2.04. The van der Waals surface area contributed by atoms with Gasteiger partial charge in [-0.1, -0.05) is 6.07 Å². The number of nitrogens with zero attached hydrogens (tertiary/aromatic N) is 2. The van der Waals surface area contributed by atoms with Crippen molar-refractivity contribution in [2.24, 2.45) is 16.6 Å². The Labute approximate surface area is 143 Å². The number of hydrogen-bond donors (Lipinski definition) is 3. The molecule has 0 amide bonds. The maximum absolute atomic E-state index is 13.1. The van der Waals surface area contributed by atoms with Gasteiger partial charge >= 0.3 is 0 Å². The van der Waals surface area contributed by atoms with Crippen LogP contribution in [0.5, 0.6) is 0 Å². The van der Waals surface area contributed by atoms with Gasteiger partial charge in [0.1, 0.15) is 5.82 Å². The lowest BCUT2D eigenvalue weighted by molar-refractivity contribution is -0.456. The van der Waals surface area contributed by atoms with Crippen LogP contribution in [0.15, 0.2) is 53.8 Å². The second-order valence-electron chi connectivity index (χ2n) is 5.49. The van der Waals surface area contributed by atoms with Crippen LogP contribution in [0.4, 0.5) is 4.39 Å². The van der Waals surface area contributed by atoms with Crippen molar-refractivity contribution < 1.29 is 14.3 Å². The van der Waals surface area contributed by atoms with E-state index in [9.17, 15) is 9.18 Å². The summed E-state index contributed by atoms with van der Waals surface area (Å²) in [5.74, 6) is -0.677. The number of hydrogen-bond acceptors (Lipinski definition) is 2. The highest BCUT2D eigenvalue weighted by atomic mass is 19.1. The summed E-state index contributed by atoms with van der Waals surface area (Å²) in [5.41, 5.74) is 13.9. The maximum Gasteiger partial charge on any atom is 0.256 e. The molecule has 1 aromatic carbocycles. The third-order valence-corrected chi connectivity index (χ3v) is 3.86. The quantitative estimate of drug-likeness (QED) is 0.276. The van der Waals surface area contributed by atoms with Crippen LogP contribution >= 0.6 is 0 Å². The number of guanidine groups is 1. The Morgan fingerprint density at radius 2 is 1.92 bits per heavy atom. The average molecular weight is 338 g/mol. The number of carbonyl (C=O) groups is 1. The lowest BCUT2D eigenvalue weighted by atomic mass is 10.0. The fourth-order valence-electron chi connectivity index (χ4n) is 2.73. The van der Waals surface area contributed by atoms with Crippen molar-refractivity contribution in [1.82, 2.24) is 4.40 Å². The molecule has 0 aliphatic heterocycles. The number of benzene rings is 1. The van der Waals surface area contributed by atoms with Crippen LogP contribution in [0.2, 0.25) is 0 Å². The number of nitrogens with one attached hydrogen (secondary N) is 1. The van der Waals surface area contributed by atoms with Gasteiger partial charge < -0.3 is 15.9 Å². The molecule has 3 aromatic rings. The van der Waals surface area contributed by atoms with Crippen LogP contribution in [-0.2, 0) is 0 Å². The molecular weight excluding hydrogens is 321 g/mol. The first-order valence-electron chi connectivity index (χ1n) is 7.56. The Hall–Kier alpha value is -3.48. The van der Waals surface area contributed by atoms with Gasteiger partial charge in [-0.2, -0.15) is 0 Å². The van der Waals surface area contributed by atoms with E-state index in [1.807, 2.05) is 25.1 Å². The first kappa shape index (κ1) is 16.4. The van der Waals surface area contributed by atoms with Gasteiger partial charge in [-0.25, -0.2) is 4.39 Å². The molecule has 0 bridgehead atoms. The molecule has 3 rings (SSSR count). The number of fused-ring (bicyclic) bond motifs is 1. The third kappa shape index (κ3) is 3.12. The fourth-order valence-corrected chi connectivity index (χ4v) is 2.73. The molecule has 0 saturated heterocycles. The largest absolute Gasteiger partial charge is 0.365 e. The molecule has 0 unspecified atom stereocenters. The molecular formula is C18H17FN5O+. The standard InChI is InChI=1S/C18H16FN5O/c1-11-14(10-22-23-18(20)21)15-4-2-3-9-24(15)16(11)17(25)12-5-7-13(19)8-6-12/h2-10H,1H3,(H4,20,21,23)/p+1/b22-10+. The van der Waals surface area contributed by atoms with Gasteiger partial charge in [-0.3, -0.25) is 4.79 Å². The highest BCUT2D eigenvalue weighted by Gasteiger charge is 2.21. The van der Waals surface area contributed by atoms with E-state index in [1.165, 1.54) is 24.3 Å². The van der Waals surface area contributed by atoms with E-state index < -0.39 is 0 Å². The minimum atomic E-state index is -0.385. The first-order chi connectivity index (χ1) is 12.0. The van der Waals surface area contributed by atoms with Crippen molar-refractivity contribution in [1.29, 1.82) is 0 Å². The lowest BCUT2D eigenvalue weighted by Crippen LogP contribution is -2.63. The predicted molar refractivity (Wildman–Crippen MR) is 93.9 cm³/mol. The Kier molecular flexibility index (Phi) is 4.30. The summed E-state index contributed by atoms with van der Waals surface area (Å²) in [7, 11) is 0. The molecule has 2 aromatic heterocycles. The van der Waals surface area contributed by atoms with E-state index in [4.69, 9.17) is 11.5 Å². The van der Waals surface area contributed by atoms with E-state index in [1.54, 1.807) is 16.8 Å². The molecule has 0 saturated carbocycles. The van der Waals surface area contributed by atoms with Crippen LogP contribution in [0.1, 0.15) is 27.2 Å². The highest BCUT2D eigenvalue weighted by molar-refractivity contribution is 6.11. The van der Waals surface area contributed by atoms with Crippen molar-refractivity contribution in [3.63, 3.8) is 0 Å². The predicted octanol–water partition coefficient (Wildman–Crippen LogP) is 0.306. The summed E-state index contributed by atoms with van der Waals surface area (Å²) >= 11 is 0. The maximum atomic E-state index is 13.1. The van der Waals surface area contributed by atoms with Gasteiger partial charge in [-0.05, 0) is 48.9 Å². The van der Waals surface area contributed by atoms with Crippen molar-refractivity contribution in [2.45, 2.75) is 6.92 Å². The molecule has 0 fully saturated rings. The second-order valence-corrected chi connectivity index (χ2v) is 5.49. The van der Waals surface area contributed by atoms with Crippen molar-refractivity contribution in [2.75, 3.05) is 0 Å². The minimum Gasteiger partial charge on any atom is -0.365 e. The molecule has 25 heavy (non-hydrogen) atoms. The summed E-state index contributed by atoms with van der Waals surface area (Å²) < 4.78 is 14.9. The third-order valence-electron chi connectivity index (χ3n) is 3.86. The van der Waals surface area contributed by atoms with Gasteiger partial charge in [0.05, 0.1) is 16.8 Å². The smallest absolute Gasteiger partial charge is 0.256 e. The first-order valence-corrected chi connectivity index (χ1v) is 7.56. The number of hydrazone groups is 1. The monoisotopic (exact) mass is 338 g/mol. The Bertz CT molecular complexity index is 998. The zero-order chi connectivity index (χ0) is 18.0. The molecule has 7 heteroatoms. The number of carbonyl (C=O) groups excluding carboxylic acids is 1. The molecule has 6 nitrogen and oxygen atoms in total. The fraction of sp³-hybridized carbons (Fsp3) is 0.0556. The molecule has 0 aliphatic carbocycles. The molecule has 0 radical (unpaired) electrons. The van der Waals surface area contributed by atoms with Crippen LogP contribution in [0.3, 0.4) is 0 Å². The summed E-state index contributed by atoms with van der Waals surface area (Å²) in [4.78, 5) is 12.9. The van der Waals surface area contributed by atoms with Crippen molar-refractivity contribution in [3.8, 4) is 0 Å². The van der Waals surface area contributed by atoms with Crippen molar-refractivity contribution in [3.05, 3.63) is 76.9 Å². The van der Waals surface area contributed by atoms with Gasteiger partial charge in [0.2, 0.25) is 12.0 Å². The molecule has 2 heterocycles. The summed E-state index contributed by atoms with van der Waals surface area (Å²) in [6.45, 7) is 1.84. The van der Waals surface area contributed by atoms with E-state index >= 15 is 0 Å². The number of ketones is 1. The van der Waals surface area contributed by atoms with Crippen LogP contribution in [0.25, 0.3) is 5.52 Å². The number of aromatic nitrogens is 1. The van der Waals surface area contributed by atoms with Crippen LogP contribution in [0, 0.1) is 12.7 Å². The molecule has 0 aliphatic rings. The molecule has 5 N–H and O–H groups in total. The SMILES string of the molecule is Cc1c(/C=[NH+]/N=C(N)N)c2ccccn2c1C(=O)c1ccc(F)cc1. The topological polar surface area (TPSA) is 99.8 Å². The molecule has 0 atom stereocenters. The van der Waals surface area contributed by atoms with Gasteiger partial charge in [0, 0.05) is 16.9 Å². The minimum absolute atomic E-state index is 0.0972. The summed E-state index contributed by atoms with van der Waals surface area (Å²) in [6, 6.07) is 11.1.